The molecular weight excluding hydrogens is 452 g/mol. The van der Waals surface area contributed by atoms with Gasteiger partial charge in [0.05, 0.1) is 32.7 Å². The summed E-state index contributed by atoms with van der Waals surface area (Å²) in [7, 11) is 4.59. The maximum absolute atomic E-state index is 13.3. The molecule has 0 radical (unpaired) electrons. The van der Waals surface area contributed by atoms with Crippen LogP contribution in [0, 0.1) is 0 Å². The fourth-order valence-electron chi connectivity index (χ4n) is 3.22. The summed E-state index contributed by atoms with van der Waals surface area (Å²) in [5.74, 6) is 0.420. The van der Waals surface area contributed by atoms with Crippen LogP contribution in [0.2, 0.25) is 0 Å². The Morgan fingerprint density at radius 3 is 1.71 bits per heavy atom. The number of benzene rings is 3. The predicted molar refractivity (Wildman–Crippen MR) is 136 cm³/mol. The normalized spacial score (nSPS) is 10.1. The molecule has 0 spiro atoms. The molecule has 0 fully saturated rings. The zero-order valence-electron chi connectivity index (χ0n) is 19.4. The lowest BCUT2D eigenvalue weighted by Crippen LogP contribution is -2.25. The van der Waals surface area contributed by atoms with E-state index in [1.54, 1.807) is 61.7 Å². The first-order valence-electron chi connectivity index (χ1n) is 10.3. The van der Waals surface area contributed by atoms with Crippen LogP contribution in [0.5, 0.6) is 17.2 Å². The van der Waals surface area contributed by atoms with Crippen molar-refractivity contribution in [3.63, 3.8) is 0 Å². The zero-order valence-corrected chi connectivity index (χ0v) is 20.2. The van der Waals surface area contributed by atoms with Crippen molar-refractivity contribution in [2.24, 2.45) is 0 Å². The number of amides is 2. The first-order valence-corrected chi connectivity index (χ1v) is 11.6. The Morgan fingerprint density at radius 1 is 0.735 bits per heavy atom. The molecule has 0 bridgehead atoms. The van der Waals surface area contributed by atoms with Gasteiger partial charge in [0.1, 0.15) is 22.8 Å². The van der Waals surface area contributed by atoms with Crippen molar-refractivity contribution in [1.29, 1.82) is 0 Å². The van der Waals surface area contributed by atoms with Crippen LogP contribution >= 0.6 is 11.8 Å². The highest BCUT2D eigenvalue weighted by molar-refractivity contribution is 7.98. The molecule has 176 valence electrons. The highest BCUT2D eigenvalue weighted by Crippen LogP contribution is 2.30. The number of rotatable bonds is 9. The lowest BCUT2D eigenvalue weighted by atomic mass is 10.1. The van der Waals surface area contributed by atoms with Crippen LogP contribution in [0.4, 0.5) is 11.4 Å². The van der Waals surface area contributed by atoms with E-state index >= 15 is 0 Å². The number of hydrogen-bond donors (Lipinski definition) is 2. The smallest absolute Gasteiger partial charge is 0.261 e. The summed E-state index contributed by atoms with van der Waals surface area (Å²) in [6.07, 6.45) is 3.46. The van der Waals surface area contributed by atoms with E-state index in [1.165, 1.54) is 32.1 Å². The third kappa shape index (κ3) is 5.90. The molecule has 2 N–H and O–H groups in total. The first kappa shape index (κ1) is 24.7. The molecule has 0 aliphatic heterocycles. The summed E-state index contributed by atoms with van der Waals surface area (Å²) in [4.78, 5) is 27.5. The molecule has 3 aromatic carbocycles. The van der Waals surface area contributed by atoms with Crippen LogP contribution in [-0.2, 0) is 9.59 Å². The van der Waals surface area contributed by atoms with Crippen LogP contribution in [0.3, 0.4) is 0 Å². The summed E-state index contributed by atoms with van der Waals surface area (Å²) < 4.78 is 16.1. The number of nitrogens with one attached hydrogen (secondary N) is 2. The lowest BCUT2D eigenvalue weighted by Gasteiger charge is -2.14. The first-order chi connectivity index (χ1) is 16.5. The van der Waals surface area contributed by atoms with Gasteiger partial charge >= 0.3 is 0 Å². The standard InChI is InChI=1S/C26H26N2O5S/c1-31-21-11-7-5-9-19(21)27-25(29)18(15-17-13-14-24(34-4)23(16-17)33-3)26(30)28-20-10-6-8-12-22(20)32-2/h5-16H,1-4H3,(H,27,29)(H,28,30). The third-order valence-corrected chi connectivity index (χ3v) is 5.70. The van der Waals surface area contributed by atoms with Gasteiger partial charge in [0.2, 0.25) is 0 Å². The van der Waals surface area contributed by atoms with Gasteiger partial charge in [-0.15, -0.1) is 11.8 Å². The van der Waals surface area contributed by atoms with E-state index in [4.69, 9.17) is 14.2 Å². The summed E-state index contributed by atoms with van der Waals surface area (Å²) in [5, 5.41) is 5.54. The summed E-state index contributed by atoms with van der Waals surface area (Å²) in [6.45, 7) is 0. The predicted octanol–water partition coefficient (Wildman–Crippen LogP) is 5.10. The van der Waals surface area contributed by atoms with Crippen LogP contribution < -0.4 is 24.8 Å². The lowest BCUT2D eigenvalue weighted by molar-refractivity contribution is -0.118. The molecule has 3 rings (SSSR count). The molecule has 0 saturated carbocycles. The molecule has 0 aliphatic carbocycles. The van der Waals surface area contributed by atoms with Crippen LogP contribution in [0.15, 0.2) is 77.2 Å². The Hall–Kier alpha value is -3.91. The number of carbonyl (C=O) groups is 2. The molecule has 0 aromatic heterocycles. The van der Waals surface area contributed by atoms with Gasteiger partial charge in [-0.05, 0) is 54.3 Å². The Labute approximate surface area is 203 Å². The maximum Gasteiger partial charge on any atom is 0.261 e. The highest BCUT2D eigenvalue weighted by atomic mass is 32.2. The minimum atomic E-state index is -0.593. The van der Waals surface area contributed by atoms with Gasteiger partial charge in [-0.1, -0.05) is 30.3 Å². The molecule has 34 heavy (non-hydrogen) atoms. The Kier molecular flexibility index (Phi) is 8.59. The second-order valence-electron chi connectivity index (χ2n) is 6.98. The molecule has 0 heterocycles. The fraction of sp³-hybridized carbons (Fsp3) is 0.154. The monoisotopic (exact) mass is 478 g/mol. The van der Waals surface area contributed by atoms with Gasteiger partial charge in [-0.2, -0.15) is 0 Å². The molecule has 3 aromatic rings. The van der Waals surface area contributed by atoms with Crippen molar-refractivity contribution in [3.05, 3.63) is 77.9 Å². The minimum Gasteiger partial charge on any atom is -0.496 e. The topological polar surface area (TPSA) is 85.9 Å². The highest BCUT2D eigenvalue weighted by Gasteiger charge is 2.21. The summed E-state index contributed by atoms with van der Waals surface area (Å²) in [6, 6.07) is 19.4. The molecule has 0 unspecified atom stereocenters. The quantitative estimate of drug-likeness (QED) is 0.193. The summed E-state index contributed by atoms with van der Waals surface area (Å²) >= 11 is 1.54. The van der Waals surface area contributed by atoms with Gasteiger partial charge in [-0.25, -0.2) is 0 Å². The Balaban J connectivity index is 2.01. The van der Waals surface area contributed by atoms with Gasteiger partial charge < -0.3 is 24.8 Å². The zero-order chi connectivity index (χ0) is 24.5. The van der Waals surface area contributed by atoms with E-state index < -0.39 is 11.8 Å². The van der Waals surface area contributed by atoms with Crippen molar-refractivity contribution in [2.75, 3.05) is 38.2 Å². The van der Waals surface area contributed by atoms with E-state index in [-0.39, 0.29) is 5.57 Å². The average Bonchev–Trinajstić information content (AvgIpc) is 2.87. The van der Waals surface area contributed by atoms with Crippen LogP contribution in [0.1, 0.15) is 5.56 Å². The molecule has 0 atom stereocenters. The number of para-hydroxylation sites is 4. The van der Waals surface area contributed by atoms with Crippen LogP contribution in [0.25, 0.3) is 6.08 Å². The third-order valence-electron chi connectivity index (χ3n) is 4.92. The van der Waals surface area contributed by atoms with Gasteiger partial charge in [0.25, 0.3) is 11.8 Å². The number of hydrogen-bond acceptors (Lipinski definition) is 6. The SMILES string of the molecule is COc1ccccc1NC(=O)C(=Cc1ccc(SC)c(OC)c1)C(=O)Nc1ccccc1OC. The fourth-order valence-corrected chi connectivity index (χ4v) is 3.77. The number of ether oxygens (including phenoxy) is 3. The maximum atomic E-state index is 13.3. The molecule has 8 heteroatoms. The molecule has 0 aliphatic rings. The van der Waals surface area contributed by atoms with Gasteiger partial charge in [0, 0.05) is 4.90 Å². The number of anilines is 2. The van der Waals surface area contributed by atoms with Crippen molar-refractivity contribution in [1.82, 2.24) is 0 Å². The van der Waals surface area contributed by atoms with E-state index in [1.807, 2.05) is 18.4 Å². The van der Waals surface area contributed by atoms with Crippen molar-refractivity contribution < 1.29 is 23.8 Å². The number of methoxy groups -OCH3 is 3. The number of thioether (sulfide) groups is 1. The average molecular weight is 479 g/mol. The van der Waals surface area contributed by atoms with E-state index in [0.717, 1.165) is 4.90 Å². The molecule has 2 amide bonds. The molecular formula is C26H26N2O5S. The van der Waals surface area contributed by atoms with Crippen molar-refractivity contribution in [2.45, 2.75) is 4.90 Å². The largest absolute Gasteiger partial charge is 0.496 e. The van der Waals surface area contributed by atoms with Crippen LogP contribution in [-0.4, -0.2) is 39.4 Å². The second-order valence-corrected chi connectivity index (χ2v) is 7.83. The second kappa shape index (κ2) is 11.8. The molecule has 7 nitrogen and oxygen atoms in total. The van der Waals surface area contributed by atoms with E-state index in [2.05, 4.69) is 10.6 Å². The van der Waals surface area contributed by atoms with Gasteiger partial charge in [-0.3, -0.25) is 9.59 Å². The van der Waals surface area contributed by atoms with Crippen molar-refractivity contribution >= 4 is 41.0 Å². The number of carbonyl (C=O) groups excluding carboxylic acids is 2. The Bertz CT molecular complexity index is 1150. The van der Waals surface area contributed by atoms with Gasteiger partial charge in [0.15, 0.2) is 0 Å². The van der Waals surface area contributed by atoms with Crippen molar-refractivity contribution in [3.8, 4) is 17.2 Å². The molecule has 0 saturated heterocycles. The minimum absolute atomic E-state index is 0.101. The summed E-state index contributed by atoms with van der Waals surface area (Å²) in [5.41, 5.74) is 1.42. The van der Waals surface area contributed by atoms with E-state index in [9.17, 15) is 9.59 Å². The van der Waals surface area contributed by atoms with E-state index in [0.29, 0.717) is 34.2 Å². The Morgan fingerprint density at radius 2 is 1.24 bits per heavy atom.